The van der Waals surface area contributed by atoms with Crippen LogP contribution in [-0.4, -0.2) is 50.6 Å². The highest BCUT2D eigenvalue weighted by Crippen LogP contribution is 2.21. The van der Waals surface area contributed by atoms with E-state index in [0.717, 1.165) is 24.2 Å². The van der Waals surface area contributed by atoms with Gasteiger partial charge in [0, 0.05) is 36.1 Å². The Bertz CT molecular complexity index is 1080. The number of aromatic nitrogens is 1. The predicted octanol–water partition coefficient (Wildman–Crippen LogP) is 3.18. The van der Waals surface area contributed by atoms with Crippen molar-refractivity contribution in [2.45, 2.75) is 57.6 Å². The van der Waals surface area contributed by atoms with Crippen molar-refractivity contribution in [3.05, 3.63) is 52.8 Å². The number of Topliss-reactive ketones (excluding diaryl/α,β-unsaturated/α-hetero) is 1. The third-order valence-electron chi connectivity index (χ3n) is 5.56. The van der Waals surface area contributed by atoms with Crippen LogP contribution in [0, 0.1) is 13.8 Å². The number of nitrogens with zero attached hydrogens (tertiary/aromatic N) is 1. The predicted molar refractivity (Wildman–Crippen MR) is 120 cm³/mol. The van der Waals surface area contributed by atoms with Crippen LogP contribution in [0.5, 0.6) is 0 Å². The van der Waals surface area contributed by atoms with E-state index in [-0.39, 0.29) is 41.5 Å². The van der Waals surface area contributed by atoms with Gasteiger partial charge in [-0.25, -0.2) is 17.9 Å². The van der Waals surface area contributed by atoms with Crippen molar-refractivity contribution in [1.82, 2.24) is 9.29 Å². The van der Waals surface area contributed by atoms with Crippen molar-refractivity contribution in [3.8, 4) is 0 Å². The first-order valence-corrected chi connectivity index (χ1v) is 12.2. The number of esters is 1. The van der Waals surface area contributed by atoms with Crippen LogP contribution in [0.3, 0.4) is 0 Å². The van der Waals surface area contributed by atoms with Gasteiger partial charge >= 0.3 is 5.97 Å². The fourth-order valence-corrected chi connectivity index (χ4v) is 5.07. The highest BCUT2D eigenvalue weighted by atomic mass is 32.2. The van der Waals surface area contributed by atoms with Gasteiger partial charge in [0.25, 0.3) is 0 Å². The first-order chi connectivity index (χ1) is 15.1. The lowest BCUT2D eigenvalue weighted by Crippen LogP contribution is -2.31. The minimum absolute atomic E-state index is 0.0456. The number of rotatable bonds is 9. The van der Waals surface area contributed by atoms with Gasteiger partial charge in [-0.1, -0.05) is 0 Å². The maximum absolute atomic E-state index is 12.6. The van der Waals surface area contributed by atoms with Gasteiger partial charge < -0.3 is 14.0 Å². The van der Waals surface area contributed by atoms with Crippen molar-refractivity contribution in [3.63, 3.8) is 0 Å². The SMILES string of the molecule is Cc1cc(C(=O)COC(=O)c2ccc(S(=O)(=O)NCC3CCCO3)cc2)c(C)n1C(C)C. The molecule has 1 saturated heterocycles. The Morgan fingerprint density at radius 1 is 1.22 bits per heavy atom. The molecule has 1 aromatic heterocycles. The van der Waals surface area contributed by atoms with E-state index in [0.29, 0.717) is 12.2 Å². The summed E-state index contributed by atoms with van der Waals surface area (Å²) in [5, 5.41) is 0. The van der Waals surface area contributed by atoms with Gasteiger partial charge in [0.1, 0.15) is 0 Å². The second-order valence-corrected chi connectivity index (χ2v) is 10.0. The molecule has 1 aromatic carbocycles. The molecular weight excluding hydrogens is 432 g/mol. The Kier molecular flexibility index (Phi) is 7.53. The number of sulfonamides is 1. The van der Waals surface area contributed by atoms with E-state index in [1.165, 1.54) is 24.3 Å². The maximum atomic E-state index is 12.6. The molecule has 1 aliphatic heterocycles. The molecule has 2 heterocycles. The quantitative estimate of drug-likeness (QED) is 0.453. The Balaban J connectivity index is 1.59. The molecule has 0 bridgehead atoms. The maximum Gasteiger partial charge on any atom is 0.338 e. The third-order valence-corrected chi connectivity index (χ3v) is 7.00. The highest BCUT2D eigenvalue weighted by molar-refractivity contribution is 7.89. The van der Waals surface area contributed by atoms with Crippen molar-refractivity contribution in [1.29, 1.82) is 0 Å². The zero-order chi connectivity index (χ0) is 23.5. The molecule has 32 heavy (non-hydrogen) atoms. The minimum Gasteiger partial charge on any atom is -0.454 e. The molecule has 0 saturated carbocycles. The normalized spacial score (nSPS) is 16.5. The number of hydrogen-bond acceptors (Lipinski definition) is 6. The summed E-state index contributed by atoms with van der Waals surface area (Å²) < 4.78 is 40.0. The van der Waals surface area contributed by atoms with Crippen LogP contribution in [0.4, 0.5) is 0 Å². The molecule has 0 amide bonds. The second-order valence-electron chi connectivity index (χ2n) is 8.26. The van der Waals surface area contributed by atoms with Crippen molar-refractivity contribution in [2.24, 2.45) is 0 Å². The first-order valence-electron chi connectivity index (χ1n) is 10.7. The zero-order valence-electron chi connectivity index (χ0n) is 18.9. The van der Waals surface area contributed by atoms with Crippen LogP contribution < -0.4 is 4.72 Å². The molecule has 1 N–H and O–H groups in total. The Morgan fingerprint density at radius 2 is 1.91 bits per heavy atom. The van der Waals surface area contributed by atoms with Gasteiger partial charge in [-0.15, -0.1) is 0 Å². The number of ketones is 1. The summed E-state index contributed by atoms with van der Waals surface area (Å²) in [4.78, 5) is 25.0. The minimum atomic E-state index is -3.70. The van der Waals surface area contributed by atoms with Gasteiger partial charge in [0.15, 0.2) is 6.61 Å². The van der Waals surface area contributed by atoms with E-state index in [4.69, 9.17) is 9.47 Å². The summed E-state index contributed by atoms with van der Waals surface area (Å²) in [6.07, 6.45) is 1.64. The fraction of sp³-hybridized carbons (Fsp3) is 0.478. The summed E-state index contributed by atoms with van der Waals surface area (Å²) >= 11 is 0. The van der Waals surface area contributed by atoms with Crippen LogP contribution in [0.1, 0.15) is 64.8 Å². The number of benzene rings is 1. The van der Waals surface area contributed by atoms with Crippen LogP contribution in [-0.2, 0) is 19.5 Å². The summed E-state index contributed by atoms with van der Waals surface area (Å²) in [7, 11) is -3.70. The molecular formula is C23H30N2O6S. The van der Waals surface area contributed by atoms with Crippen molar-refractivity contribution < 1.29 is 27.5 Å². The van der Waals surface area contributed by atoms with E-state index >= 15 is 0 Å². The summed E-state index contributed by atoms with van der Waals surface area (Å²) in [5.41, 5.74) is 2.51. The molecule has 1 atom stereocenters. The van der Waals surface area contributed by atoms with Gasteiger partial charge in [-0.3, -0.25) is 4.79 Å². The van der Waals surface area contributed by atoms with Crippen LogP contribution in [0.2, 0.25) is 0 Å². The summed E-state index contributed by atoms with van der Waals surface area (Å²) in [6.45, 7) is 8.35. The molecule has 9 heteroatoms. The molecule has 174 valence electrons. The van der Waals surface area contributed by atoms with E-state index in [1.807, 2.05) is 27.7 Å². The summed E-state index contributed by atoms with van der Waals surface area (Å²) in [5.74, 6) is -0.969. The fourth-order valence-electron chi connectivity index (χ4n) is 4.01. The van der Waals surface area contributed by atoms with E-state index in [1.54, 1.807) is 6.07 Å². The van der Waals surface area contributed by atoms with Gasteiger partial charge in [-0.2, -0.15) is 0 Å². The molecule has 0 radical (unpaired) electrons. The van der Waals surface area contributed by atoms with Crippen LogP contribution >= 0.6 is 0 Å². The molecule has 1 fully saturated rings. The molecule has 8 nitrogen and oxygen atoms in total. The number of carbonyl (C=O) groups excluding carboxylic acids is 2. The lowest BCUT2D eigenvalue weighted by Gasteiger charge is -2.13. The first kappa shape index (κ1) is 24.2. The van der Waals surface area contributed by atoms with Crippen LogP contribution in [0.15, 0.2) is 35.2 Å². The third kappa shape index (κ3) is 5.46. The largest absolute Gasteiger partial charge is 0.454 e. The molecule has 3 rings (SSSR count). The zero-order valence-corrected chi connectivity index (χ0v) is 19.7. The molecule has 0 aliphatic carbocycles. The Morgan fingerprint density at radius 3 is 2.47 bits per heavy atom. The average Bonchev–Trinajstić information content (AvgIpc) is 3.38. The van der Waals surface area contributed by atoms with E-state index < -0.39 is 16.0 Å². The van der Waals surface area contributed by atoms with Gasteiger partial charge in [0.2, 0.25) is 15.8 Å². The Labute approximate surface area is 189 Å². The number of nitrogens with one attached hydrogen (secondary N) is 1. The van der Waals surface area contributed by atoms with Crippen molar-refractivity contribution >= 4 is 21.8 Å². The molecule has 1 unspecified atom stereocenters. The molecule has 0 spiro atoms. The number of hydrogen-bond donors (Lipinski definition) is 1. The Hall–Kier alpha value is -2.49. The van der Waals surface area contributed by atoms with Gasteiger partial charge in [-0.05, 0) is 70.9 Å². The van der Waals surface area contributed by atoms with Gasteiger partial charge in [0.05, 0.1) is 16.6 Å². The second kappa shape index (κ2) is 9.97. The average molecular weight is 463 g/mol. The smallest absolute Gasteiger partial charge is 0.338 e. The van der Waals surface area contributed by atoms with E-state index in [2.05, 4.69) is 9.29 Å². The summed E-state index contributed by atoms with van der Waals surface area (Å²) in [6, 6.07) is 7.44. The van der Waals surface area contributed by atoms with Crippen molar-refractivity contribution in [2.75, 3.05) is 19.8 Å². The van der Waals surface area contributed by atoms with Crippen LogP contribution in [0.25, 0.3) is 0 Å². The standard InChI is InChI=1S/C23H30N2O6S/c1-15(2)25-16(3)12-21(17(25)4)22(26)14-31-23(27)18-7-9-20(10-8-18)32(28,29)24-13-19-6-5-11-30-19/h7-10,12,15,19,24H,5-6,11,13-14H2,1-4H3. The lowest BCUT2D eigenvalue weighted by atomic mass is 10.1. The molecule has 2 aromatic rings. The number of carbonyl (C=O) groups is 2. The lowest BCUT2D eigenvalue weighted by molar-refractivity contribution is 0.0474. The number of ether oxygens (including phenoxy) is 2. The van der Waals surface area contributed by atoms with E-state index in [9.17, 15) is 18.0 Å². The number of aryl methyl sites for hydroxylation is 1. The molecule has 1 aliphatic rings. The monoisotopic (exact) mass is 462 g/mol. The topological polar surface area (TPSA) is 104 Å². The highest BCUT2D eigenvalue weighted by Gasteiger charge is 2.22.